The first-order valence-corrected chi connectivity index (χ1v) is 7.01. The number of hydrogen-bond acceptors (Lipinski definition) is 4. The van der Waals surface area contributed by atoms with Crippen molar-refractivity contribution in [1.82, 2.24) is 5.32 Å². The fraction of sp³-hybridized carbons (Fsp3) is 0.250. The lowest BCUT2D eigenvalue weighted by Gasteiger charge is -2.11. The van der Waals surface area contributed by atoms with E-state index in [4.69, 9.17) is 5.11 Å². The first-order chi connectivity index (χ1) is 8.18. The second kappa shape index (κ2) is 5.44. The largest absolute Gasteiger partial charge is 0.477 e. The molecular weight excluding hydrogens is 254 g/mol. The van der Waals surface area contributed by atoms with E-state index in [1.54, 1.807) is 11.3 Å². The number of carboxylic acid groups (broad SMARTS) is 1. The molecule has 17 heavy (non-hydrogen) atoms. The van der Waals surface area contributed by atoms with Crippen molar-refractivity contribution in [2.75, 3.05) is 0 Å². The van der Waals surface area contributed by atoms with E-state index in [0.29, 0.717) is 11.4 Å². The Balaban J connectivity index is 1.98. The van der Waals surface area contributed by atoms with Crippen molar-refractivity contribution < 1.29 is 9.90 Å². The van der Waals surface area contributed by atoms with Gasteiger partial charge in [0.1, 0.15) is 4.88 Å². The molecule has 2 aromatic heterocycles. The molecule has 2 N–H and O–H groups in total. The molecule has 0 amide bonds. The van der Waals surface area contributed by atoms with Crippen molar-refractivity contribution in [3.63, 3.8) is 0 Å². The normalized spacial score (nSPS) is 12.5. The van der Waals surface area contributed by atoms with Crippen LogP contribution in [0.25, 0.3) is 0 Å². The molecule has 2 aromatic rings. The Hall–Kier alpha value is -1.17. The van der Waals surface area contributed by atoms with E-state index in [1.807, 2.05) is 22.9 Å². The lowest BCUT2D eigenvalue weighted by molar-refractivity contribution is 0.0701. The molecule has 0 aliphatic heterocycles. The number of hydrogen-bond donors (Lipinski definition) is 2. The third-order valence-corrected chi connectivity index (χ3v) is 4.51. The van der Waals surface area contributed by atoms with Crippen LogP contribution in [-0.2, 0) is 6.54 Å². The summed E-state index contributed by atoms with van der Waals surface area (Å²) in [4.78, 5) is 12.6. The van der Waals surface area contributed by atoms with Gasteiger partial charge in [0.2, 0.25) is 0 Å². The summed E-state index contributed by atoms with van der Waals surface area (Å²) < 4.78 is 0. The second-order valence-corrected chi connectivity index (χ2v) is 5.59. The predicted molar refractivity (Wildman–Crippen MR) is 70.9 cm³/mol. The minimum absolute atomic E-state index is 0.247. The van der Waals surface area contributed by atoms with Crippen LogP contribution >= 0.6 is 22.7 Å². The molecule has 0 radical (unpaired) electrons. The maximum absolute atomic E-state index is 10.9. The van der Waals surface area contributed by atoms with Gasteiger partial charge in [0.15, 0.2) is 0 Å². The van der Waals surface area contributed by atoms with E-state index in [9.17, 15) is 4.79 Å². The van der Waals surface area contributed by atoms with Gasteiger partial charge in [0.25, 0.3) is 0 Å². The van der Waals surface area contributed by atoms with Crippen molar-refractivity contribution >= 4 is 28.6 Å². The summed E-state index contributed by atoms with van der Waals surface area (Å²) in [5, 5.41) is 16.2. The summed E-state index contributed by atoms with van der Waals surface area (Å²) in [7, 11) is 0. The highest BCUT2D eigenvalue weighted by Crippen LogP contribution is 2.21. The molecule has 3 nitrogen and oxygen atoms in total. The Morgan fingerprint density at radius 1 is 1.41 bits per heavy atom. The van der Waals surface area contributed by atoms with Crippen LogP contribution in [0.5, 0.6) is 0 Å². The van der Waals surface area contributed by atoms with E-state index in [0.717, 1.165) is 5.56 Å². The van der Waals surface area contributed by atoms with Crippen LogP contribution in [0.2, 0.25) is 0 Å². The third kappa shape index (κ3) is 2.94. The van der Waals surface area contributed by atoms with Gasteiger partial charge in [-0.15, -0.1) is 22.7 Å². The molecular formula is C12H13NO2S2. The topological polar surface area (TPSA) is 49.3 Å². The Morgan fingerprint density at radius 2 is 2.24 bits per heavy atom. The number of carbonyl (C=O) groups is 1. The third-order valence-electron chi connectivity index (χ3n) is 2.51. The molecule has 90 valence electrons. The Kier molecular flexibility index (Phi) is 3.93. The van der Waals surface area contributed by atoms with Crippen molar-refractivity contribution in [2.45, 2.75) is 19.5 Å². The molecule has 0 bridgehead atoms. The zero-order chi connectivity index (χ0) is 12.3. The zero-order valence-electron chi connectivity index (χ0n) is 9.34. The Morgan fingerprint density at radius 3 is 2.88 bits per heavy atom. The molecule has 0 saturated heterocycles. The van der Waals surface area contributed by atoms with Gasteiger partial charge >= 0.3 is 5.97 Å². The highest BCUT2D eigenvalue weighted by Gasteiger charge is 2.12. The number of carboxylic acids is 1. The molecule has 2 heterocycles. The summed E-state index contributed by atoms with van der Waals surface area (Å²) in [6.45, 7) is 2.67. The molecule has 0 aliphatic rings. The van der Waals surface area contributed by atoms with E-state index < -0.39 is 5.97 Å². The predicted octanol–water partition coefficient (Wildman–Crippen LogP) is 3.36. The summed E-state index contributed by atoms with van der Waals surface area (Å²) >= 11 is 2.97. The SMILES string of the molecule is C[C@@H](NCc1ccsc1C(=O)O)c1cccs1. The van der Waals surface area contributed by atoms with Crippen LogP contribution in [0.3, 0.4) is 0 Å². The number of aromatic carboxylic acids is 1. The summed E-state index contributed by atoms with van der Waals surface area (Å²) in [5.74, 6) is -0.847. The van der Waals surface area contributed by atoms with Gasteiger partial charge < -0.3 is 10.4 Å². The lowest BCUT2D eigenvalue weighted by atomic mass is 10.2. The van der Waals surface area contributed by atoms with Gasteiger partial charge in [-0.3, -0.25) is 0 Å². The maximum Gasteiger partial charge on any atom is 0.346 e. The first-order valence-electron chi connectivity index (χ1n) is 5.25. The van der Waals surface area contributed by atoms with Gasteiger partial charge in [-0.2, -0.15) is 0 Å². The van der Waals surface area contributed by atoms with Crippen molar-refractivity contribution in [3.8, 4) is 0 Å². The van der Waals surface area contributed by atoms with E-state index in [1.165, 1.54) is 16.2 Å². The highest BCUT2D eigenvalue weighted by atomic mass is 32.1. The fourth-order valence-corrected chi connectivity index (χ4v) is 3.08. The number of thiophene rings is 2. The maximum atomic E-state index is 10.9. The Bertz CT molecular complexity index is 490. The summed E-state index contributed by atoms with van der Waals surface area (Å²) in [6, 6.07) is 6.21. The molecule has 2 rings (SSSR count). The Labute approximate surface area is 108 Å². The quantitative estimate of drug-likeness (QED) is 0.873. The summed E-state index contributed by atoms with van der Waals surface area (Å²) in [6.07, 6.45) is 0. The first kappa shape index (κ1) is 12.3. The van der Waals surface area contributed by atoms with Crippen molar-refractivity contribution in [2.24, 2.45) is 0 Å². The van der Waals surface area contributed by atoms with Crippen LogP contribution in [0, 0.1) is 0 Å². The molecule has 1 atom stereocenters. The van der Waals surface area contributed by atoms with Crippen LogP contribution in [-0.4, -0.2) is 11.1 Å². The molecule has 5 heteroatoms. The van der Waals surface area contributed by atoms with E-state index >= 15 is 0 Å². The van der Waals surface area contributed by atoms with Gasteiger partial charge in [-0.25, -0.2) is 4.79 Å². The van der Waals surface area contributed by atoms with Crippen molar-refractivity contribution in [1.29, 1.82) is 0 Å². The van der Waals surface area contributed by atoms with Crippen LogP contribution in [0.15, 0.2) is 29.0 Å². The average Bonchev–Trinajstić information content (AvgIpc) is 2.96. The monoisotopic (exact) mass is 267 g/mol. The smallest absolute Gasteiger partial charge is 0.346 e. The number of nitrogens with one attached hydrogen (secondary N) is 1. The molecule has 0 aliphatic carbocycles. The second-order valence-electron chi connectivity index (χ2n) is 3.70. The van der Waals surface area contributed by atoms with Crippen LogP contribution in [0.1, 0.15) is 33.1 Å². The molecule has 0 spiro atoms. The minimum atomic E-state index is -0.847. The molecule has 0 unspecified atom stereocenters. The van der Waals surface area contributed by atoms with Crippen molar-refractivity contribution in [3.05, 3.63) is 44.3 Å². The average molecular weight is 267 g/mol. The highest BCUT2D eigenvalue weighted by molar-refractivity contribution is 7.12. The fourth-order valence-electron chi connectivity index (χ4n) is 1.56. The van der Waals surface area contributed by atoms with Crippen LogP contribution in [0.4, 0.5) is 0 Å². The van der Waals surface area contributed by atoms with Crippen LogP contribution < -0.4 is 5.32 Å². The van der Waals surface area contributed by atoms with E-state index in [-0.39, 0.29) is 6.04 Å². The standard InChI is InChI=1S/C12H13NO2S2/c1-8(10-3-2-5-16-10)13-7-9-4-6-17-11(9)12(14)15/h2-6,8,13H,7H2,1H3,(H,14,15)/t8-/m1/s1. The van der Waals surface area contributed by atoms with Gasteiger partial charge in [0, 0.05) is 17.5 Å². The molecule has 0 saturated carbocycles. The molecule has 0 aromatic carbocycles. The minimum Gasteiger partial charge on any atom is -0.477 e. The molecule has 0 fully saturated rings. The number of rotatable bonds is 5. The van der Waals surface area contributed by atoms with Gasteiger partial charge in [-0.1, -0.05) is 6.07 Å². The van der Waals surface area contributed by atoms with Gasteiger partial charge in [0.05, 0.1) is 0 Å². The summed E-state index contributed by atoms with van der Waals surface area (Å²) in [5.41, 5.74) is 0.853. The lowest BCUT2D eigenvalue weighted by Crippen LogP contribution is -2.18. The van der Waals surface area contributed by atoms with E-state index in [2.05, 4.69) is 18.3 Å². The van der Waals surface area contributed by atoms with Gasteiger partial charge in [-0.05, 0) is 35.4 Å². The zero-order valence-corrected chi connectivity index (χ0v) is 11.0.